The molecule has 3 aromatic rings. The van der Waals surface area contributed by atoms with Crippen LogP contribution in [0.25, 0.3) is 11.3 Å². The molecule has 3 N–H and O–H groups in total. The van der Waals surface area contributed by atoms with Crippen molar-refractivity contribution in [1.29, 1.82) is 0 Å². The Hall–Kier alpha value is -3.28. The normalized spacial score (nSPS) is 23.7. The number of hydrogen-bond acceptors (Lipinski definition) is 8. The van der Waals surface area contributed by atoms with Crippen LogP contribution in [0.3, 0.4) is 0 Å². The molecule has 1 saturated carbocycles. The molecule has 5 rings (SSSR count). The Morgan fingerprint density at radius 2 is 1.95 bits per heavy atom. The van der Waals surface area contributed by atoms with Gasteiger partial charge in [0, 0.05) is 60.8 Å². The van der Waals surface area contributed by atoms with Crippen molar-refractivity contribution in [3.63, 3.8) is 0 Å². The van der Waals surface area contributed by atoms with Gasteiger partial charge in [0.15, 0.2) is 6.29 Å². The number of aldehydes is 1. The van der Waals surface area contributed by atoms with Gasteiger partial charge in [-0.25, -0.2) is 13.8 Å². The maximum atomic E-state index is 16.0. The maximum Gasteiger partial charge on any atom is 0.168 e. The van der Waals surface area contributed by atoms with Crippen LogP contribution in [0.4, 0.5) is 14.5 Å². The van der Waals surface area contributed by atoms with Gasteiger partial charge in [0.1, 0.15) is 34.9 Å². The molecule has 1 aliphatic heterocycles. The smallest absolute Gasteiger partial charge is 0.168 e. The molecule has 0 amide bonds. The molecule has 8 nitrogen and oxygen atoms in total. The quantitative estimate of drug-likeness (QED) is 0.342. The number of halogens is 2. The fraction of sp³-hybridized carbons (Fsp3) is 0.452. The fourth-order valence-electron chi connectivity index (χ4n) is 6.45. The standard InChI is InChI=1S/C31H36F2N4O4S/c1-35-28-16-36-8-5-24(28)18-11-20(31(42(2)39)27(34)14-18)12-19-13-23(41-22-6-9-40-10-7-22)15-26(33)29(19)30-25(32)4-3-21(17-38)37-30/h3-5,8,13,15-18,20,22,27,31,35H,6-7,9-12,14,34H2,1-2H3/t18?,20-,27?,31?,42?/m1/s1. The summed E-state index contributed by atoms with van der Waals surface area (Å²) < 4.78 is 55.8. The minimum Gasteiger partial charge on any atom is -0.490 e. The summed E-state index contributed by atoms with van der Waals surface area (Å²) in [6.07, 6.45) is 8.37. The SMILES string of the molecule is CNc1cnccc1C1CC(N)C(S(C)=O)[C@@H](Cc2cc(OC3CCOCC3)cc(F)c2-c2nc(C=O)ccc2F)C1. The van der Waals surface area contributed by atoms with Crippen molar-refractivity contribution in [1.82, 2.24) is 9.97 Å². The number of nitrogens with one attached hydrogen (secondary N) is 1. The molecule has 5 atom stereocenters. The zero-order valence-corrected chi connectivity index (χ0v) is 24.5. The summed E-state index contributed by atoms with van der Waals surface area (Å²) >= 11 is 0. The van der Waals surface area contributed by atoms with E-state index in [0.717, 1.165) is 17.3 Å². The van der Waals surface area contributed by atoms with E-state index in [9.17, 15) is 9.00 Å². The third-order valence-corrected chi connectivity index (χ3v) is 9.80. The lowest BCUT2D eigenvalue weighted by Gasteiger charge is -2.40. The van der Waals surface area contributed by atoms with Crippen LogP contribution < -0.4 is 15.8 Å². The highest BCUT2D eigenvalue weighted by Gasteiger charge is 2.40. The molecule has 3 heterocycles. The first-order valence-electron chi connectivity index (χ1n) is 14.2. The van der Waals surface area contributed by atoms with Gasteiger partial charge >= 0.3 is 0 Å². The summed E-state index contributed by atoms with van der Waals surface area (Å²) in [4.78, 5) is 19.8. The van der Waals surface area contributed by atoms with Crippen molar-refractivity contribution in [2.75, 3.05) is 31.8 Å². The van der Waals surface area contributed by atoms with Gasteiger partial charge in [0.2, 0.25) is 0 Å². The number of aromatic nitrogens is 2. The molecule has 42 heavy (non-hydrogen) atoms. The van der Waals surface area contributed by atoms with E-state index in [1.807, 2.05) is 13.1 Å². The van der Waals surface area contributed by atoms with Gasteiger partial charge in [-0.1, -0.05) is 0 Å². The number of carbonyl (C=O) groups is 1. The van der Waals surface area contributed by atoms with Crippen LogP contribution in [0.1, 0.15) is 53.2 Å². The van der Waals surface area contributed by atoms with Crippen LogP contribution in [-0.4, -0.2) is 64.4 Å². The Morgan fingerprint density at radius 1 is 1.17 bits per heavy atom. The van der Waals surface area contributed by atoms with Gasteiger partial charge in [-0.05, 0) is 66.5 Å². The number of carbonyl (C=O) groups excluding carboxylic acids is 1. The van der Waals surface area contributed by atoms with Crippen molar-refractivity contribution in [3.8, 4) is 17.0 Å². The minimum absolute atomic E-state index is 0.0103. The van der Waals surface area contributed by atoms with Gasteiger partial charge in [-0.15, -0.1) is 0 Å². The average molecular weight is 599 g/mol. The third kappa shape index (κ3) is 6.53. The summed E-state index contributed by atoms with van der Waals surface area (Å²) in [6.45, 7) is 1.11. The van der Waals surface area contributed by atoms with Crippen molar-refractivity contribution in [2.45, 2.75) is 55.4 Å². The van der Waals surface area contributed by atoms with Gasteiger partial charge in [-0.3, -0.25) is 14.0 Å². The number of pyridine rings is 2. The van der Waals surface area contributed by atoms with Gasteiger partial charge < -0.3 is 20.5 Å². The lowest BCUT2D eigenvalue weighted by atomic mass is 9.72. The van der Waals surface area contributed by atoms with Crippen molar-refractivity contribution in [2.24, 2.45) is 11.7 Å². The molecule has 224 valence electrons. The lowest BCUT2D eigenvalue weighted by Crippen LogP contribution is -2.48. The van der Waals surface area contributed by atoms with Gasteiger partial charge in [0.25, 0.3) is 0 Å². The second kappa shape index (κ2) is 13.4. The van der Waals surface area contributed by atoms with E-state index in [1.54, 1.807) is 24.7 Å². The highest BCUT2D eigenvalue weighted by molar-refractivity contribution is 7.85. The van der Waals surface area contributed by atoms with E-state index >= 15 is 8.78 Å². The summed E-state index contributed by atoms with van der Waals surface area (Å²) in [5.41, 5.74) is 8.80. The number of nitrogens with two attached hydrogens (primary N) is 1. The maximum absolute atomic E-state index is 16.0. The second-order valence-electron chi connectivity index (χ2n) is 11.0. The highest BCUT2D eigenvalue weighted by Crippen LogP contribution is 2.43. The van der Waals surface area contributed by atoms with Crippen LogP contribution >= 0.6 is 0 Å². The minimum atomic E-state index is -1.27. The molecule has 1 aromatic carbocycles. The van der Waals surface area contributed by atoms with E-state index < -0.39 is 22.4 Å². The molecular formula is C31H36F2N4O4S. The van der Waals surface area contributed by atoms with Crippen molar-refractivity contribution in [3.05, 3.63) is 71.2 Å². The Morgan fingerprint density at radius 3 is 2.67 bits per heavy atom. The van der Waals surface area contributed by atoms with Gasteiger partial charge in [0.05, 0.1) is 30.3 Å². The predicted molar refractivity (Wildman–Crippen MR) is 158 cm³/mol. The molecule has 1 aliphatic carbocycles. The van der Waals surface area contributed by atoms with Crippen LogP contribution in [-0.2, 0) is 22.0 Å². The Balaban J connectivity index is 1.58. The molecule has 4 unspecified atom stereocenters. The first-order valence-corrected chi connectivity index (χ1v) is 15.8. The van der Waals surface area contributed by atoms with E-state index in [-0.39, 0.29) is 52.6 Å². The van der Waals surface area contributed by atoms with Crippen LogP contribution in [0.2, 0.25) is 0 Å². The highest BCUT2D eigenvalue weighted by atomic mass is 32.2. The number of ether oxygens (including phenoxy) is 2. The van der Waals surface area contributed by atoms with Gasteiger partial charge in [-0.2, -0.15) is 0 Å². The first kappa shape index (κ1) is 30.2. The molecule has 0 spiro atoms. The Labute approximate surface area is 246 Å². The number of hydrogen-bond donors (Lipinski definition) is 2. The van der Waals surface area contributed by atoms with E-state index in [0.29, 0.717) is 56.5 Å². The first-order chi connectivity index (χ1) is 20.3. The fourth-order valence-corrected chi connectivity index (χ4v) is 7.80. The Bertz CT molecular complexity index is 1450. The number of benzene rings is 1. The average Bonchev–Trinajstić information content (AvgIpc) is 2.97. The molecule has 2 aromatic heterocycles. The van der Waals surface area contributed by atoms with Crippen molar-refractivity contribution < 1.29 is 27.3 Å². The lowest BCUT2D eigenvalue weighted by molar-refractivity contribution is 0.0254. The summed E-state index contributed by atoms with van der Waals surface area (Å²) in [6, 6.07) is 6.91. The van der Waals surface area contributed by atoms with E-state index in [1.165, 1.54) is 12.1 Å². The predicted octanol–water partition coefficient (Wildman–Crippen LogP) is 4.64. The second-order valence-corrected chi connectivity index (χ2v) is 12.6. The molecule has 0 bridgehead atoms. The van der Waals surface area contributed by atoms with E-state index in [4.69, 9.17) is 15.2 Å². The van der Waals surface area contributed by atoms with Crippen molar-refractivity contribution >= 4 is 22.8 Å². The van der Waals surface area contributed by atoms with Crippen LogP contribution in [0.15, 0.2) is 42.7 Å². The molecular weight excluding hydrogens is 562 g/mol. The molecule has 2 aliphatic rings. The summed E-state index contributed by atoms with van der Waals surface area (Å²) in [5.74, 6) is -1.32. The van der Waals surface area contributed by atoms with Crippen LogP contribution in [0.5, 0.6) is 5.75 Å². The molecule has 2 fully saturated rings. The van der Waals surface area contributed by atoms with Crippen LogP contribution in [0, 0.1) is 17.6 Å². The summed E-state index contributed by atoms with van der Waals surface area (Å²) in [7, 11) is 0.563. The molecule has 11 heteroatoms. The third-order valence-electron chi connectivity index (χ3n) is 8.30. The monoisotopic (exact) mass is 598 g/mol. The number of rotatable bonds is 9. The summed E-state index contributed by atoms with van der Waals surface area (Å²) in [5, 5.41) is 2.83. The topological polar surface area (TPSA) is 116 Å². The number of anilines is 1. The molecule has 0 radical (unpaired) electrons. The number of nitrogens with zero attached hydrogens (tertiary/aromatic N) is 2. The molecule has 1 saturated heterocycles. The Kier molecular flexibility index (Phi) is 9.60. The van der Waals surface area contributed by atoms with E-state index in [2.05, 4.69) is 15.3 Å². The zero-order valence-electron chi connectivity index (χ0n) is 23.7. The largest absolute Gasteiger partial charge is 0.490 e. The zero-order chi connectivity index (χ0) is 29.8.